The smallest absolute Gasteiger partial charge is 0.407 e. The number of carbonyl (C=O) groups is 3. The Morgan fingerprint density at radius 2 is 1.71 bits per heavy atom. The number of hydrogen-bond donors (Lipinski definition) is 3. The van der Waals surface area contributed by atoms with Crippen LogP contribution in [-0.4, -0.2) is 54.3 Å². The van der Waals surface area contributed by atoms with Crippen LogP contribution in [-0.2, 0) is 14.3 Å². The van der Waals surface area contributed by atoms with Gasteiger partial charge in [-0.15, -0.1) is 0 Å². The highest BCUT2D eigenvalue weighted by molar-refractivity contribution is 7.98. The van der Waals surface area contributed by atoms with Gasteiger partial charge in [-0.1, -0.05) is 55.0 Å². The fourth-order valence-corrected chi connectivity index (χ4v) is 5.55. The third-order valence-corrected chi connectivity index (χ3v) is 7.79. The van der Waals surface area contributed by atoms with Gasteiger partial charge in [0.05, 0.1) is 0 Å². The molecule has 1 saturated carbocycles. The molecule has 1 atom stereocenters. The number of alkyl carbamates (subject to hydrolysis) is 1. The zero-order valence-corrected chi connectivity index (χ0v) is 20.7. The lowest BCUT2D eigenvalue weighted by Crippen LogP contribution is -2.48. The molecule has 7 nitrogen and oxygen atoms in total. The molecule has 3 N–H and O–H groups in total. The van der Waals surface area contributed by atoms with Crippen molar-refractivity contribution in [1.29, 1.82) is 0 Å². The molecule has 0 aromatic heterocycles. The monoisotopic (exact) mass is 496 g/mol. The number of amides is 2. The predicted octanol–water partition coefficient (Wildman–Crippen LogP) is 4.41. The van der Waals surface area contributed by atoms with Crippen LogP contribution >= 0.6 is 11.8 Å². The summed E-state index contributed by atoms with van der Waals surface area (Å²) in [5.41, 5.74) is 4.31. The number of rotatable bonds is 11. The van der Waals surface area contributed by atoms with Crippen molar-refractivity contribution in [2.45, 2.75) is 44.1 Å². The van der Waals surface area contributed by atoms with Crippen LogP contribution in [0.3, 0.4) is 0 Å². The lowest BCUT2D eigenvalue weighted by molar-refractivity contribution is -0.142. The van der Waals surface area contributed by atoms with E-state index in [9.17, 15) is 19.5 Å². The first-order chi connectivity index (χ1) is 16.9. The van der Waals surface area contributed by atoms with Crippen LogP contribution in [0.1, 0.15) is 49.1 Å². The fourth-order valence-electron chi connectivity index (χ4n) is 5.08. The first-order valence-corrected chi connectivity index (χ1v) is 13.4. The molecule has 0 aliphatic heterocycles. The number of benzene rings is 2. The Balaban J connectivity index is 1.29. The minimum atomic E-state index is -1.02. The van der Waals surface area contributed by atoms with Gasteiger partial charge in [0, 0.05) is 18.9 Å². The number of aliphatic carboxylic acids is 1. The molecule has 0 saturated heterocycles. The van der Waals surface area contributed by atoms with Crippen molar-refractivity contribution in [3.05, 3.63) is 59.7 Å². The Hall–Kier alpha value is -3.00. The zero-order chi connectivity index (χ0) is 24.8. The van der Waals surface area contributed by atoms with Gasteiger partial charge in [-0.25, -0.2) is 9.59 Å². The predicted molar refractivity (Wildman–Crippen MR) is 137 cm³/mol. The average molecular weight is 497 g/mol. The average Bonchev–Trinajstić information content (AvgIpc) is 3.15. The lowest BCUT2D eigenvalue weighted by Gasteiger charge is -2.41. The Labute approximate surface area is 210 Å². The van der Waals surface area contributed by atoms with Crippen molar-refractivity contribution in [3.63, 3.8) is 0 Å². The number of fused-ring (bicyclic) bond motifs is 3. The number of thioether (sulfide) groups is 1. The largest absolute Gasteiger partial charge is 0.480 e. The molecule has 2 aliphatic rings. The highest BCUT2D eigenvalue weighted by Crippen LogP contribution is 2.45. The van der Waals surface area contributed by atoms with E-state index in [4.69, 9.17) is 4.74 Å². The number of nitrogens with one attached hydrogen (secondary N) is 2. The van der Waals surface area contributed by atoms with Crippen molar-refractivity contribution >= 4 is 29.7 Å². The van der Waals surface area contributed by atoms with Crippen molar-refractivity contribution in [2.75, 3.05) is 25.2 Å². The first kappa shape index (κ1) is 25.1. The maximum absolute atomic E-state index is 12.6. The van der Waals surface area contributed by atoms with Crippen LogP contribution in [0.25, 0.3) is 11.1 Å². The minimum absolute atomic E-state index is 0.00849. The van der Waals surface area contributed by atoms with Gasteiger partial charge in [0.15, 0.2) is 0 Å². The summed E-state index contributed by atoms with van der Waals surface area (Å²) in [7, 11) is 0. The summed E-state index contributed by atoms with van der Waals surface area (Å²) in [6, 6.07) is 15.5. The topological polar surface area (TPSA) is 105 Å². The molecule has 2 aliphatic carbocycles. The molecule has 4 rings (SSSR count). The van der Waals surface area contributed by atoms with Crippen LogP contribution in [0.4, 0.5) is 4.79 Å². The second kappa shape index (κ2) is 11.2. The van der Waals surface area contributed by atoms with E-state index in [-0.39, 0.29) is 30.3 Å². The van der Waals surface area contributed by atoms with Crippen molar-refractivity contribution < 1.29 is 24.2 Å². The summed E-state index contributed by atoms with van der Waals surface area (Å²) in [5.74, 6) is -0.656. The van der Waals surface area contributed by atoms with E-state index in [0.717, 1.165) is 30.4 Å². The molecule has 1 fully saturated rings. The summed E-state index contributed by atoms with van der Waals surface area (Å²) in [4.78, 5) is 36.6. The van der Waals surface area contributed by atoms with Gasteiger partial charge in [-0.2, -0.15) is 11.8 Å². The lowest BCUT2D eigenvalue weighted by atomic mass is 9.66. The molecule has 186 valence electrons. The molecule has 2 aromatic carbocycles. The maximum atomic E-state index is 12.6. The van der Waals surface area contributed by atoms with Crippen molar-refractivity contribution in [2.24, 2.45) is 5.41 Å². The standard InChI is InChI=1S/C27H32N2O5S/c1-35-14-11-23(25(31)32)29-24(30)15-27(12-6-13-27)17-28-26(33)34-16-22-20-9-4-2-7-18(20)19-8-3-5-10-21(19)22/h2-5,7-10,22-23H,6,11-17H2,1H3,(H,28,33)(H,29,30)(H,31,32)/t23-/m0/s1. The molecule has 0 unspecified atom stereocenters. The number of ether oxygens (including phenoxy) is 1. The van der Waals surface area contributed by atoms with Gasteiger partial charge in [-0.05, 0) is 58.9 Å². The fraction of sp³-hybridized carbons (Fsp3) is 0.444. The van der Waals surface area contributed by atoms with Crippen molar-refractivity contribution in [3.8, 4) is 11.1 Å². The molecule has 2 amide bonds. The minimum Gasteiger partial charge on any atom is -0.480 e. The van der Waals surface area contributed by atoms with Gasteiger partial charge in [0.2, 0.25) is 5.91 Å². The number of carboxylic acids is 1. The molecule has 2 aromatic rings. The zero-order valence-electron chi connectivity index (χ0n) is 19.9. The van der Waals surface area contributed by atoms with E-state index in [1.165, 1.54) is 11.1 Å². The Morgan fingerprint density at radius 1 is 1.09 bits per heavy atom. The summed E-state index contributed by atoms with van der Waals surface area (Å²) >= 11 is 1.54. The van der Waals surface area contributed by atoms with E-state index < -0.39 is 18.1 Å². The molecule has 0 heterocycles. The molecule has 8 heteroatoms. The third-order valence-electron chi connectivity index (χ3n) is 7.15. The number of hydrogen-bond acceptors (Lipinski definition) is 5. The van der Waals surface area contributed by atoms with Crippen LogP contribution < -0.4 is 10.6 Å². The molecule has 0 radical (unpaired) electrons. The quantitative estimate of drug-likeness (QED) is 0.426. The second-order valence-electron chi connectivity index (χ2n) is 9.45. The highest BCUT2D eigenvalue weighted by atomic mass is 32.2. The Bertz CT molecular complexity index is 1040. The van der Waals surface area contributed by atoms with Crippen LogP contribution in [0.15, 0.2) is 48.5 Å². The Morgan fingerprint density at radius 3 is 2.26 bits per heavy atom. The van der Waals surface area contributed by atoms with Gasteiger partial charge < -0.3 is 20.5 Å². The SMILES string of the molecule is CSCC[C@H](NC(=O)CC1(CNC(=O)OCC2c3ccccc3-c3ccccc32)CCC1)C(=O)O. The van der Waals surface area contributed by atoms with Crippen molar-refractivity contribution in [1.82, 2.24) is 10.6 Å². The summed E-state index contributed by atoms with van der Waals surface area (Å²) in [6.07, 6.45) is 4.58. The molecule has 0 bridgehead atoms. The van der Waals surface area contributed by atoms with Gasteiger partial charge in [0.25, 0.3) is 0 Å². The maximum Gasteiger partial charge on any atom is 0.407 e. The van der Waals surface area contributed by atoms with E-state index in [1.54, 1.807) is 11.8 Å². The highest BCUT2D eigenvalue weighted by Gasteiger charge is 2.40. The van der Waals surface area contributed by atoms with E-state index in [0.29, 0.717) is 18.7 Å². The first-order valence-electron chi connectivity index (χ1n) is 12.0. The van der Waals surface area contributed by atoms with Gasteiger partial charge >= 0.3 is 12.1 Å². The van der Waals surface area contributed by atoms with Crippen LogP contribution in [0, 0.1) is 5.41 Å². The summed E-state index contributed by atoms with van der Waals surface area (Å²) in [6.45, 7) is 0.572. The summed E-state index contributed by atoms with van der Waals surface area (Å²) < 4.78 is 5.62. The van der Waals surface area contributed by atoms with Crippen LogP contribution in [0.2, 0.25) is 0 Å². The third kappa shape index (κ3) is 5.81. The number of carbonyl (C=O) groups excluding carboxylic acids is 2. The summed E-state index contributed by atoms with van der Waals surface area (Å²) in [5, 5.41) is 14.9. The van der Waals surface area contributed by atoms with E-state index >= 15 is 0 Å². The van der Waals surface area contributed by atoms with Gasteiger partial charge in [0.1, 0.15) is 12.6 Å². The van der Waals surface area contributed by atoms with E-state index in [2.05, 4.69) is 34.9 Å². The second-order valence-corrected chi connectivity index (χ2v) is 10.4. The molecular formula is C27H32N2O5S. The normalized spacial score (nSPS) is 16.4. The molecule has 0 spiro atoms. The Kier molecular flexibility index (Phi) is 8.00. The van der Waals surface area contributed by atoms with E-state index in [1.807, 2.05) is 30.5 Å². The van der Waals surface area contributed by atoms with Gasteiger partial charge in [-0.3, -0.25) is 4.79 Å². The number of carboxylic acid groups (broad SMARTS) is 1. The molecule has 35 heavy (non-hydrogen) atoms. The van der Waals surface area contributed by atoms with Crippen LogP contribution in [0.5, 0.6) is 0 Å². The molecular weight excluding hydrogens is 464 g/mol.